The first kappa shape index (κ1) is 18.6. The molecule has 1 unspecified atom stereocenters. The molecular weight excluding hydrogens is 360 g/mol. The second-order valence-corrected chi connectivity index (χ2v) is 8.43. The second kappa shape index (κ2) is 9.51. The molecule has 0 bridgehead atoms. The van der Waals surface area contributed by atoms with Gasteiger partial charge in [0.25, 0.3) is 0 Å². The van der Waals surface area contributed by atoms with Gasteiger partial charge < -0.3 is 5.11 Å². The number of thioether (sulfide) groups is 1. The van der Waals surface area contributed by atoms with E-state index in [1.165, 1.54) is 15.4 Å². The van der Waals surface area contributed by atoms with Crippen molar-refractivity contribution in [2.24, 2.45) is 0 Å². The van der Waals surface area contributed by atoms with Gasteiger partial charge in [0.05, 0.1) is 6.42 Å². The lowest BCUT2D eigenvalue weighted by Crippen LogP contribution is -2.13. The molecule has 1 atom stereocenters. The third-order valence-corrected chi connectivity index (χ3v) is 6.04. The molecule has 0 heterocycles. The van der Waals surface area contributed by atoms with Crippen molar-refractivity contribution >= 4 is 29.5 Å². The molecule has 4 heteroatoms. The number of hydrogen-bond donors (Lipinski definition) is 1. The van der Waals surface area contributed by atoms with Gasteiger partial charge in [-0.25, -0.2) is 0 Å². The number of rotatable bonds is 8. The van der Waals surface area contributed by atoms with Gasteiger partial charge in [0.2, 0.25) is 0 Å². The van der Waals surface area contributed by atoms with Crippen LogP contribution in [0.2, 0.25) is 0 Å². The Kier molecular flexibility index (Phi) is 6.81. The van der Waals surface area contributed by atoms with E-state index in [0.29, 0.717) is 0 Å². The van der Waals surface area contributed by atoms with E-state index in [1.54, 1.807) is 23.5 Å². The highest BCUT2D eigenvalue weighted by Gasteiger charge is 2.15. The van der Waals surface area contributed by atoms with Crippen molar-refractivity contribution in [3.05, 3.63) is 90.5 Å². The van der Waals surface area contributed by atoms with Crippen molar-refractivity contribution in [2.75, 3.05) is 0 Å². The number of carboxylic acids is 1. The molecule has 3 aromatic carbocycles. The topological polar surface area (TPSA) is 37.3 Å². The zero-order valence-corrected chi connectivity index (χ0v) is 15.9. The van der Waals surface area contributed by atoms with Gasteiger partial charge in [0.15, 0.2) is 0 Å². The Morgan fingerprint density at radius 2 is 1.31 bits per heavy atom. The molecule has 0 radical (unpaired) electrons. The van der Waals surface area contributed by atoms with Crippen LogP contribution in [0.3, 0.4) is 0 Å². The summed E-state index contributed by atoms with van der Waals surface area (Å²) in [4.78, 5) is 14.7. The van der Waals surface area contributed by atoms with Crippen LogP contribution in [0.1, 0.15) is 12.0 Å². The maximum Gasteiger partial charge on any atom is 0.304 e. The van der Waals surface area contributed by atoms with Crippen LogP contribution in [0, 0.1) is 0 Å². The number of hydrogen-bond acceptors (Lipinski definition) is 3. The van der Waals surface area contributed by atoms with Crippen molar-refractivity contribution in [2.45, 2.75) is 32.8 Å². The van der Waals surface area contributed by atoms with E-state index >= 15 is 0 Å². The van der Waals surface area contributed by atoms with E-state index in [1.807, 2.05) is 36.4 Å². The van der Waals surface area contributed by atoms with Crippen LogP contribution in [-0.2, 0) is 11.2 Å². The van der Waals surface area contributed by atoms with Crippen LogP contribution in [0.4, 0.5) is 0 Å². The molecule has 132 valence electrons. The Hall–Kier alpha value is -2.17. The molecule has 0 saturated carbocycles. The number of aliphatic carboxylic acids is 1. The highest BCUT2D eigenvalue weighted by atomic mass is 32.2. The quantitative estimate of drug-likeness (QED) is 0.485. The minimum absolute atomic E-state index is 0.0162. The summed E-state index contributed by atoms with van der Waals surface area (Å²) >= 11 is 3.36. The summed E-state index contributed by atoms with van der Waals surface area (Å²) in [7, 11) is 0. The molecule has 0 saturated heterocycles. The number of carbonyl (C=O) groups is 1. The predicted molar refractivity (Wildman–Crippen MR) is 109 cm³/mol. The van der Waals surface area contributed by atoms with Crippen molar-refractivity contribution in [1.29, 1.82) is 0 Å². The number of carboxylic acid groups (broad SMARTS) is 1. The lowest BCUT2D eigenvalue weighted by Gasteiger charge is -2.15. The maximum atomic E-state index is 11.2. The summed E-state index contributed by atoms with van der Waals surface area (Å²) in [6.45, 7) is 0. The molecule has 3 rings (SSSR count). The Morgan fingerprint density at radius 3 is 1.92 bits per heavy atom. The average molecular weight is 381 g/mol. The fourth-order valence-electron chi connectivity index (χ4n) is 2.63. The van der Waals surface area contributed by atoms with E-state index in [2.05, 4.69) is 48.5 Å². The minimum Gasteiger partial charge on any atom is -0.481 e. The summed E-state index contributed by atoms with van der Waals surface area (Å²) in [5, 5.41) is 9.25. The van der Waals surface area contributed by atoms with Gasteiger partial charge in [-0.3, -0.25) is 4.79 Å². The van der Waals surface area contributed by atoms with Gasteiger partial charge in [0.1, 0.15) is 0 Å². The van der Waals surface area contributed by atoms with E-state index in [0.717, 1.165) is 11.3 Å². The Morgan fingerprint density at radius 1 is 0.769 bits per heavy atom. The van der Waals surface area contributed by atoms with Crippen molar-refractivity contribution in [3.63, 3.8) is 0 Å². The summed E-state index contributed by atoms with van der Waals surface area (Å²) in [5.74, 6) is -0.755. The predicted octanol–water partition coefficient (Wildman–Crippen LogP) is 6.02. The number of benzene rings is 3. The van der Waals surface area contributed by atoms with Gasteiger partial charge in [0, 0.05) is 19.9 Å². The summed E-state index contributed by atoms with van der Waals surface area (Å²) in [5.41, 5.74) is 1.17. The molecule has 0 fully saturated rings. The molecule has 0 aromatic heterocycles. The molecule has 0 aliphatic heterocycles. The highest BCUT2D eigenvalue weighted by molar-refractivity contribution is 8.00. The maximum absolute atomic E-state index is 11.2. The summed E-state index contributed by atoms with van der Waals surface area (Å²) < 4.78 is 0. The lowest BCUT2D eigenvalue weighted by molar-refractivity contribution is -0.136. The van der Waals surface area contributed by atoms with Crippen LogP contribution >= 0.6 is 23.5 Å². The zero-order chi connectivity index (χ0) is 18.2. The van der Waals surface area contributed by atoms with E-state index in [9.17, 15) is 9.90 Å². The first-order valence-electron chi connectivity index (χ1n) is 8.44. The van der Waals surface area contributed by atoms with Crippen molar-refractivity contribution < 1.29 is 9.90 Å². The fourth-order valence-corrected chi connectivity index (χ4v) is 4.65. The van der Waals surface area contributed by atoms with Crippen LogP contribution in [0.5, 0.6) is 0 Å². The molecular formula is C22H20O2S2. The zero-order valence-electron chi connectivity index (χ0n) is 14.2. The average Bonchev–Trinajstić information content (AvgIpc) is 2.64. The first-order valence-corrected chi connectivity index (χ1v) is 10.1. The smallest absolute Gasteiger partial charge is 0.304 e. The third-order valence-electron chi connectivity index (χ3n) is 3.81. The Labute approximate surface area is 162 Å². The monoisotopic (exact) mass is 380 g/mol. The molecule has 2 nitrogen and oxygen atoms in total. The van der Waals surface area contributed by atoms with Gasteiger partial charge in [-0.15, -0.1) is 11.8 Å². The normalized spacial score (nSPS) is 11.8. The van der Waals surface area contributed by atoms with Gasteiger partial charge in [-0.1, -0.05) is 60.3 Å². The molecule has 0 spiro atoms. The van der Waals surface area contributed by atoms with E-state index < -0.39 is 5.97 Å². The van der Waals surface area contributed by atoms with Crippen LogP contribution < -0.4 is 0 Å². The second-order valence-electron chi connectivity index (χ2n) is 5.91. The standard InChI is InChI=1S/C22H20O2S2/c23-22(24)16-21(15-17-7-3-1-4-8-17)26-20-13-11-19(12-14-20)25-18-9-5-2-6-10-18/h1-14,21H,15-16H2,(H,23,24). The van der Waals surface area contributed by atoms with E-state index in [4.69, 9.17) is 0 Å². The SMILES string of the molecule is O=C(O)CC(Cc1ccccc1)Sc1ccc(Sc2ccccc2)cc1. The van der Waals surface area contributed by atoms with Gasteiger partial charge >= 0.3 is 5.97 Å². The molecule has 3 aromatic rings. The summed E-state index contributed by atoms with van der Waals surface area (Å²) in [6, 6.07) is 28.7. The van der Waals surface area contributed by atoms with Gasteiger partial charge in [-0.2, -0.15) is 0 Å². The van der Waals surface area contributed by atoms with E-state index in [-0.39, 0.29) is 11.7 Å². The highest BCUT2D eigenvalue weighted by Crippen LogP contribution is 2.32. The minimum atomic E-state index is -0.755. The van der Waals surface area contributed by atoms with Gasteiger partial charge in [-0.05, 0) is 48.4 Å². The summed E-state index contributed by atoms with van der Waals surface area (Å²) in [6.07, 6.45) is 0.901. The van der Waals surface area contributed by atoms with Crippen molar-refractivity contribution in [1.82, 2.24) is 0 Å². The first-order chi connectivity index (χ1) is 12.7. The molecule has 0 aliphatic rings. The largest absolute Gasteiger partial charge is 0.481 e. The molecule has 0 aliphatic carbocycles. The van der Waals surface area contributed by atoms with Crippen LogP contribution in [0.25, 0.3) is 0 Å². The molecule has 1 N–H and O–H groups in total. The Bertz CT molecular complexity index is 818. The lowest BCUT2D eigenvalue weighted by atomic mass is 10.1. The molecule has 0 amide bonds. The van der Waals surface area contributed by atoms with Crippen molar-refractivity contribution in [3.8, 4) is 0 Å². The molecule has 26 heavy (non-hydrogen) atoms. The van der Waals surface area contributed by atoms with Crippen LogP contribution in [0.15, 0.2) is 99.6 Å². The Balaban J connectivity index is 1.65. The fraction of sp³-hybridized carbons (Fsp3) is 0.136. The third kappa shape index (κ3) is 5.97. The van der Waals surface area contributed by atoms with Crippen LogP contribution in [-0.4, -0.2) is 16.3 Å².